The molecule has 0 aliphatic carbocycles. The van der Waals surface area contributed by atoms with Crippen LogP contribution in [0.2, 0.25) is 0 Å². The van der Waals surface area contributed by atoms with Gasteiger partial charge in [-0.1, -0.05) is 29.5 Å². The van der Waals surface area contributed by atoms with Crippen LogP contribution in [0.15, 0.2) is 41.3 Å². The van der Waals surface area contributed by atoms with Gasteiger partial charge in [0.1, 0.15) is 0 Å². The quantitative estimate of drug-likeness (QED) is 0.684. The summed E-state index contributed by atoms with van der Waals surface area (Å²) in [6, 6.07) is 7.64. The van der Waals surface area contributed by atoms with E-state index in [1.807, 2.05) is 6.92 Å². The lowest BCUT2D eigenvalue weighted by Gasteiger charge is -2.16. The zero-order valence-corrected chi connectivity index (χ0v) is 12.7. The molecule has 0 amide bonds. The van der Waals surface area contributed by atoms with Gasteiger partial charge in [0.25, 0.3) is 15.7 Å². The van der Waals surface area contributed by atoms with Gasteiger partial charge in [-0.25, -0.2) is 8.42 Å². The Hall–Kier alpha value is -2.61. The summed E-state index contributed by atoms with van der Waals surface area (Å²) < 4.78 is 26.8. The number of anilines is 1. The van der Waals surface area contributed by atoms with Crippen molar-refractivity contribution in [2.24, 2.45) is 0 Å². The average Bonchev–Trinajstić information content (AvgIpc) is 2.40. The van der Waals surface area contributed by atoms with E-state index >= 15 is 0 Å². The van der Waals surface area contributed by atoms with Gasteiger partial charge in [-0.3, -0.25) is 14.8 Å². The molecule has 116 valence electrons. The molecule has 0 fully saturated rings. The second-order valence-electron chi connectivity index (χ2n) is 4.81. The molecule has 0 saturated heterocycles. The fourth-order valence-electron chi connectivity index (χ4n) is 2.01. The highest BCUT2D eigenvalue weighted by molar-refractivity contribution is 7.92. The van der Waals surface area contributed by atoms with Gasteiger partial charge in [-0.15, -0.1) is 0 Å². The number of nitro benzene ring substituents is 1. The second-order valence-corrected chi connectivity index (χ2v) is 6.46. The molecule has 0 bridgehead atoms. The van der Waals surface area contributed by atoms with Gasteiger partial charge in [0.2, 0.25) is 0 Å². The van der Waals surface area contributed by atoms with Crippen molar-refractivity contribution < 1.29 is 18.4 Å². The fourth-order valence-corrected chi connectivity index (χ4v) is 3.30. The minimum absolute atomic E-state index is 0.0176. The summed E-state index contributed by atoms with van der Waals surface area (Å²) in [4.78, 5) is 10.0. The second kappa shape index (κ2) is 5.64. The standard InChI is InChI=1S/C14H14N2O5S/c1-9-3-6-14(10(2)7-9)22(20,21)15-12-8-11(16(18)19)4-5-13(12)17/h3-8,15,17H,1-2H3/p-1. The van der Waals surface area contributed by atoms with Gasteiger partial charge < -0.3 is 5.11 Å². The van der Waals surface area contributed by atoms with Crippen LogP contribution in [-0.2, 0) is 10.0 Å². The average molecular weight is 321 g/mol. The van der Waals surface area contributed by atoms with Crippen molar-refractivity contribution in [1.29, 1.82) is 0 Å². The topological polar surface area (TPSA) is 112 Å². The smallest absolute Gasteiger partial charge is 0.271 e. The molecule has 2 rings (SSSR count). The Kier molecular flexibility index (Phi) is 4.05. The number of non-ortho nitro benzene ring substituents is 1. The Bertz CT molecular complexity index is 846. The molecular formula is C14H13N2O5S-. The minimum Gasteiger partial charge on any atom is -0.871 e. The lowest BCUT2D eigenvalue weighted by atomic mass is 10.2. The van der Waals surface area contributed by atoms with Crippen LogP contribution in [-0.4, -0.2) is 13.3 Å². The van der Waals surface area contributed by atoms with Crippen molar-refractivity contribution in [3.05, 3.63) is 57.6 Å². The Morgan fingerprint density at radius 2 is 1.77 bits per heavy atom. The van der Waals surface area contributed by atoms with Crippen molar-refractivity contribution in [3.8, 4) is 5.75 Å². The summed E-state index contributed by atoms with van der Waals surface area (Å²) in [5, 5.41) is 22.4. The zero-order chi connectivity index (χ0) is 16.5. The van der Waals surface area contributed by atoms with Crippen LogP contribution in [0.1, 0.15) is 11.1 Å². The van der Waals surface area contributed by atoms with E-state index in [-0.39, 0.29) is 16.3 Å². The number of hydrogen-bond donors (Lipinski definition) is 1. The van der Waals surface area contributed by atoms with Crippen LogP contribution in [0.5, 0.6) is 5.75 Å². The first-order valence-corrected chi connectivity index (χ1v) is 7.74. The molecular weight excluding hydrogens is 308 g/mol. The van der Waals surface area contributed by atoms with Gasteiger partial charge in [-0.2, -0.15) is 0 Å². The molecule has 0 atom stereocenters. The Morgan fingerprint density at radius 3 is 2.36 bits per heavy atom. The molecule has 1 N–H and O–H groups in total. The van der Waals surface area contributed by atoms with E-state index in [0.29, 0.717) is 5.56 Å². The molecule has 7 nitrogen and oxygen atoms in total. The van der Waals surface area contributed by atoms with Crippen LogP contribution in [0, 0.1) is 24.0 Å². The zero-order valence-electron chi connectivity index (χ0n) is 11.9. The SMILES string of the molecule is Cc1ccc(S(=O)(=O)Nc2cc([N+](=O)[O-])ccc2[O-])c(C)c1. The maximum atomic E-state index is 12.3. The molecule has 0 radical (unpaired) electrons. The van der Waals surface area contributed by atoms with E-state index in [4.69, 9.17) is 0 Å². The number of hydrogen-bond acceptors (Lipinski definition) is 5. The number of nitrogens with one attached hydrogen (secondary N) is 1. The van der Waals surface area contributed by atoms with Crippen LogP contribution >= 0.6 is 0 Å². The number of sulfonamides is 1. The normalized spacial score (nSPS) is 11.2. The molecule has 0 aromatic heterocycles. The molecule has 8 heteroatoms. The van der Waals surface area contributed by atoms with E-state index < -0.39 is 20.7 Å². The first-order valence-electron chi connectivity index (χ1n) is 6.26. The van der Waals surface area contributed by atoms with Crippen LogP contribution in [0.4, 0.5) is 11.4 Å². The molecule has 0 saturated carbocycles. The first-order chi connectivity index (χ1) is 10.2. The molecule has 2 aromatic rings. The minimum atomic E-state index is -4.00. The fraction of sp³-hybridized carbons (Fsp3) is 0.143. The first kappa shape index (κ1) is 15.8. The maximum Gasteiger partial charge on any atom is 0.271 e. The van der Waals surface area contributed by atoms with E-state index in [0.717, 1.165) is 23.8 Å². The summed E-state index contributed by atoms with van der Waals surface area (Å²) in [6.07, 6.45) is 0. The predicted octanol–water partition coefficient (Wildman–Crippen LogP) is 2.09. The monoisotopic (exact) mass is 321 g/mol. The number of aryl methyl sites for hydroxylation is 2. The largest absolute Gasteiger partial charge is 0.871 e. The Balaban J connectivity index is 2.45. The van der Waals surface area contributed by atoms with Crippen LogP contribution in [0.3, 0.4) is 0 Å². The van der Waals surface area contributed by atoms with Crippen LogP contribution < -0.4 is 9.83 Å². The summed E-state index contributed by atoms with van der Waals surface area (Å²) >= 11 is 0. The molecule has 0 heterocycles. The lowest BCUT2D eigenvalue weighted by molar-refractivity contribution is -0.385. The third-order valence-corrected chi connectivity index (χ3v) is 4.56. The summed E-state index contributed by atoms with van der Waals surface area (Å²) in [7, 11) is -4.00. The highest BCUT2D eigenvalue weighted by Crippen LogP contribution is 2.28. The highest BCUT2D eigenvalue weighted by atomic mass is 32.2. The summed E-state index contributed by atoms with van der Waals surface area (Å²) in [5.41, 5.74) is 0.703. The third-order valence-electron chi connectivity index (χ3n) is 3.04. The number of nitro groups is 1. The van der Waals surface area contributed by atoms with Gasteiger partial charge in [0, 0.05) is 17.8 Å². The van der Waals surface area contributed by atoms with E-state index in [1.165, 1.54) is 6.07 Å². The number of benzene rings is 2. The van der Waals surface area contributed by atoms with Crippen molar-refractivity contribution >= 4 is 21.4 Å². The Morgan fingerprint density at radius 1 is 1.09 bits per heavy atom. The van der Waals surface area contributed by atoms with E-state index in [9.17, 15) is 23.6 Å². The van der Waals surface area contributed by atoms with Crippen molar-refractivity contribution in [1.82, 2.24) is 0 Å². The van der Waals surface area contributed by atoms with Gasteiger partial charge in [-0.05, 0) is 25.5 Å². The molecule has 0 aliphatic rings. The predicted molar refractivity (Wildman–Crippen MR) is 79.3 cm³/mol. The Labute approximate surface area is 127 Å². The van der Waals surface area contributed by atoms with Gasteiger partial charge in [0.05, 0.1) is 9.82 Å². The van der Waals surface area contributed by atoms with E-state index in [1.54, 1.807) is 19.1 Å². The van der Waals surface area contributed by atoms with Crippen molar-refractivity contribution in [2.45, 2.75) is 18.7 Å². The number of rotatable bonds is 4. The number of nitrogens with zero attached hydrogens (tertiary/aromatic N) is 1. The van der Waals surface area contributed by atoms with Crippen molar-refractivity contribution in [3.63, 3.8) is 0 Å². The molecule has 2 aromatic carbocycles. The molecule has 0 unspecified atom stereocenters. The van der Waals surface area contributed by atoms with Crippen molar-refractivity contribution in [2.75, 3.05) is 4.72 Å². The highest BCUT2D eigenvalue weighted by Gasteiger charge is 2.18. The maximum absolute atomic E-state index is 12.3. The summed E-state index contributed by atoms with van der Waals surface area (Å²) in [6.45, 7) is 3.46. The van der Waals surface area contributed by atoms with Crippen LogP contribution in [0.25, 0.3) is 0 Å². The lowest BCUT2D eigenvalue weighted by Crippen LogP contribution is -2.15. The van der Waals surface area contributed by atoms with Gasteiger partial charge >= 0.3 is 0 Å². The third kappa shape index (κ3) is 3.17. The molecule has 0 aliphatic heterocycles. The van der Waals surface area contributed by atoms with E-state index in [2.05, 4.69) is 4.72 Å². The molecule has 22 heavy (non-hydrogen) atoms. The summed E-state index contributed by atoms with van der Waals surface area (Å²) in [5.74, 6) is -0.640. The van der Waals surface area contributed by atoms with Gasteiger partial charge in [0.15, 0.2) is 0 Å². The molecule has 0 spiro atoms.